The Hall–Kier alpha value is -3.72. The summed E-state index contributed by atoms with van der Waals surface area (Å²) in [7, 11) is 0. The molecule has 1 heterocycles. The second-order valence-corrected chi connectivity index (χ2v) is 7.54. The maximum atomic E-state index is 14.3. The van der Waals surface area contributed by atoms with Crippen molar-refractivity contribution in [2.75, 3.05) is 0 Å². The topological polar surface area (TPSA) is 17.8 Å². The first-order valence-electron chi connectivity index (χ1n) is 10.0. The fourth-order valence-electron chi connectivity index (χ4n) is 4.27. The van der Waals surface area contributed by atoms with Crippen molar-refractivity contribution in [2.45, 2.75) is 12.5 Å². The molecule has 2 nitrogen and oxygen atoms in total. The molecule has 0 aliphatic heterocycles. The molecule has 0 radical (unpaired) electrons. The minimum Gasteiger partial charge on any atom is -0.252 e. The van der Waals surface area contributed by atoms with E-state index >= 15 is 0 Å². The summed E-state index contributed by atoms with van der Waals surface area (Å²) in [4.78, 5) is 0. The lowest BCUT2D eigenvalue weighted by atomic mass is 9.77. The van der Waals surface area contributed by atoms with Gasteiger partial charge in [-0.2, -0.15) is 5.10 Å². The number of halogens is 1. The minimum atomic E-state index is -0.687. The smallest absolute Gasteiger partial charge is 0.138 e. The fraction of sp³-hybridized carbons (Fsp3) is 0.0741. The molecule has 4 aromatic carbocycles. The third-order valence-corrected chi connectivity index (χ3v) is 5.70. The van der Waals surface area contributed by atoms with E-state index in [9.17, 15) is 4.39 Å². The van der Waals surface area contributed by atoms with Gasteiger partial charge in [0.15, 0.2) is 0 Å². The Labute approximate surface area is 175 Å². The van der Waals surface area contributed by atoms with Crippen LogP contribution < -0.4 is 0 Å². The van der Waals surface area contributed by atoms with Crippen molar-refractivity contribution in [3.05, 3.63) is 137 Å². The molecule has 0 fully saturated rings. The van der Waals surface area contributed by atoms with Gasteiger partial charge in [-0.3, -0.25) is 4.68 Å². The van der Waals surface area contributed by atoms with Crippen LogP contribution in [0.15, 0.2) is 109 Å². The summed E-state index contributed by atoms with van der Waals surface area (Å²) < 4.78 is 16.3. The molecule has 5 rings (SSSR count). The molecule has 0 unspecified atom stereocenters. The highest BCUT2D eigenvalue weighted by molar-refractivity contribution is 5.79. The standard InChI is InChI=1S/C27H21FN2/c1-20-17-21-19-30(29-26(21)18-25(20)28)27(22-11-5-2-6-12-22,23-13-7-3-8-14-23)24-15-9-4-10-16-24/h2-19H,1H3. The third kappa shape index (κ3) is 2.82. The lowest BCUT2D eigenvalue weighted by Crippen LogP contribution is -2.38. The number of nitrogens with zero attached hydrogens (tertiary/aromatic N) is 2. The first-order valence-corrected chi connectivity index (χ1v) is 10.0. The van der Waals surface area contributed by atoms with Crippen LogP contribution >= 0.6 is 0 Å². The van der Waals surface area contributed by atoms with Gasteiger partial charge in [0, 0.05) is 17.6 Å². The van der Waals surface area contributed by atoms with E-state index in [1.807, 2.05) is 71.5 Å². The Morgan fingerprint density at radius 2 is 1.17 bits per heavy atom. The van der Waals surface area contributed by atoms with Crippen LogP contribution in [-0.2, 0) is 5.54 Å². The molecule has 30 heavy (non-hydrogen) atoms. The molecule has 0 bridgehead atoms. The van der Waals surface area contributed by atoms with Gasteiger partial charge in [-0.05, 0) is 35.2 Å². The second-order valence-electron chi connectivity index (χ2n) is 7.54. The molecule has 0 aliphatic carbocycles. The first kappa shape index (κ1) is 18.3. The van der Waals surface area contributed by atoms with Crippen LogP contribution in [0, 0.1) is 12.7 Å². The normalized spacial score (nSPS) is 11.7. The quantitative estimate of drug-likeness (QED) is 0.327. The van der Waals surface area contributed by atoms with Crippen molar-refractivity contribution in [3.63, 3.8) is 0 Å². The highest BCUT2D eigenvalue weighted by Gasteiger charge is 2.39. The van der Waals surface area contributed by atoms with Crippen molar-refractivity contribution in [1.82, 2.24) is 9.78 Å². The highest BCUT2D eigenvalue weighted by Crippen LogP contribution is 2.41. The predicted octanol–water partition coefficient (Wildman–Crippen LogP) is 6.32. The van der Waals surface area contributed by atoms with E-state index in [-0.39, 0.29) is 5.82 Å². The maximum Gasteiger partial charge on any atom is 0.138 e. The van der Waals surface area contributed by atoms with Crippen molar-refractivity contribution in [2.24, 2.45) is 0 Å². The molecule has 0 atom stereocenters. The molecule has 3 heteroatoms. The third-order valence-electron chi connectivity index (χ3n) is 5.70. The van der Waals surface area contributed by atoms with Crippen molar-refractivity contribution >= 4 is 10.9 Å². The van der Waals surface area contributed by atoms with Crippen LogP contribution in [0.3, 0.4) is 0 Å². The van der Waals surface area contributed by atoms with Gasteiger partial charge >= 0.3 is 0 Å². The Morgan fingerprint density at radius 1 is 0.700 bits per heavy atom. The number of benzene rings is 4. The number of hydrogen-bond donors (Lipinski definition) is 0. The molecular weight excluding hydrogens is 371 g/mol. The van der Waals surface area contributed by atoms with Gasteiger partial charge < -0.3 is 0 Å². The molecule has 0 amide bonds. The minimum absolute atomic E-state index is 0.238. The molecule has 146 valence electrons. The Balaban J connectivity index is 1.91. The molecule has 0 aliphatic rings. The van der Waals surface area contributed by atoms with Gasteiger partial charge in [0.2, 0.25) is 0 Å². The van der Waals surface area contributed by atoms with Gasteiger partial charge in [0.25, 0.3) is 0 Å². The van der Waals surface area contributed by atoms with E-state index in [0.29, 0.717) is 11.1 Å². The highest BCUT2D eigenvalue weighted by atomic mass is 19.1. The Kier molecular flexibility index (Phi) is 4.44. The Bertz CT molecular complexity index is 1160. The van der Waals surface area contributed by atoms with Crippen LogP contribution in [0.5, 0.6) is 0 Å². The average Bonchev–Trinajstić information content (AvgIpc) is 3.19. The van der Waals surface area contributed by atoms with Crippen molar-refractivity contribution in [1.29, 1.82) is 0 Å². The van der Waals surface area contributed by atoms with Crippen LogP contribution in [-0.4, -0.2) is 9.78 Å². The summed E-state index contributed by atoms with van der Waals surface area (Å²) in [6.07, 6.45) is 2.02. The molecule has 0 saturated heterocycles. The number of aromatic nitrogens is 2. The monoisotopic (exact) mass is 392 g/mol. The second kappa shape index (κ2) is 7.27. The zero-order valence-electron chi connectivity index (χ0n) is 16.7. The van der Waals surface area contributed by atoms with Crippen LogP contribution in [0.25, 0.3) is 10.9 Å². The van der Waals surface area contributed by atoms with Gasteiger partial charge in [-0.1, -0.05) is 91.0 Å². The van der Waals surface area contributed by atoms with E-state index in [1.54, 1.807) is 6.92 Å². The average molecular weight is 392 g/mol. The summed E-state index contributed by atoms with van der Waals surface area (Å²) in [5, 5.41) is 5.81. The molecule has 0 spiro atoms. The zero-order valence-corrected chi connectivity index (χ0v) is 16.7. The summed E-state index contributed by atoms with van der Waals surface area (Å²) in [6, 6.07) is 34.4. The fourth-order valence-corrected chi connectivity index (χ4v) is 4.27. The van der Waals surface area contributed by atoms with Crippen LogP contribution in [0.2, 0.25) is 0 Å². The summed E-state index contributed by atoms with van der Waals surface area (Å²) >= 11 is 0. The van der Waals surface area contributed by atoms with E-state index in [1.165, 1.54) is 6.07 Å². The van der Waals surface area contributed by atoms with Gasteiger partial charge in [-0.25, -0.2) is 4.39 Å². The predicted molar refractivity (Wildman–Crippen MR) is 119 cm³/mol. The van der Waals surface area contributed by atoms with E-state index in [0.717, 1.165) is 22.1 Å². The lowest BCUT2D eigenvalue weighted by molar-refractivity contribution is 0.464. The van der Waals surface area contributed by atoms with Crippen molar-refractivity contribution < 1.29 is 4.39 Å². The van der Waals surface area contributed by atoms with Gasteiger partial charge in [0.05, 0.1) is 5.52 Å². The lowest BCUT2D eigenvalue weighted by Gasteiger charge is -2.36. The number of hydrogen-bond acceptors (Lipinski definition) is 1. The van der Waals surface area contributed by atoms with Gasteiger partial charge in [0.1, 0.15) is 11.4 Å². The van der Waals surface area contributed by atoms with Crippen LogP contribution in [0.4, 0.5) is 4.39 Å². The van der Waals surface area contributed by atoms with E-state index in [4.69, 9.17) is 5.10 Å². The summed E-state index contributed by atoms with van der Waals surface area (Å²) in [5.74, 6) is -0.238. The molecule has 0 saturated carbocycles. The first-order chi connectivity index (χ1) is 14.7. The number of aryl methyl sites for hydroxylation is 1. The van der Waals surface area contributed by atoms with Crippen molar-refractivity contribution in [3.8, 4) is 0 Å². The molecule has 1 aromatic heterocycles. The molecule has 0 N–H and O–H groups in total. The van der Waals surface area contributed by atoms with Gasteiger partial charge in [-0.15, -0.1) is 0 Å². The van der Waals surface area contributed by atoms with E-state index in [2.05, 4.69) is 36.4 Å². The maximum absolute atomic E-state index is 14.3. The Morgan fingerprint density at radius 3 is 1.63 bits per heavy atom. The molecular formula is C27H21FN2. The summed E-state index contributed by atoms with van der Waals surface area (Å²) in [5.41, 5.74) is 3.84. The summed E-state index contributed by atoms with van der Waals surface area (Å²) in [6.45, 7) is 1.78. The molecule has 5 aromatic rings. The number of rotatable bonds is 4. The van der Waals surface area contributed by atoms with E-state index < -0.39 is 5.54 Å². The SMILES string of the molecule is Cc1cc2cn(C(c3ccccc3)(c3ccccc3)c3ccccc3)nc2cc1F. The zero-order chi connectivity index (χ0) is 20.6. The van der Waals surface area contributed by atoms with Crippen LogP contribution in [0.1, 0.15) is 22.3 Å². The largest absolute Gasteiger partial charge is 0.252 e. The number of fused-ring (bicyclic) bond motifs is 1.